The Labute approximate surface area is 204 Å². The maximum Gasteiger partial charge on any atom is 0.237 e. The van der Waals surface area contributed by atoms with Crippen molar-refractivity contribution in [3.63, 3.8) is 0 Å². The molecule has 0 aliphatic carbocycles. The third-order valence-electron chi connectivity index (χ3n) is 6.36. The Morgan fingerprint density at radius 1 is 0.686 bits per heavy atom. The molecule has 0 saturated heterocycles. The van der Waals surface area contributed by atoms with Gasteiger partial charge < -0.3 is 32.1 Å². The first-order valence-electron chi connectivity index (χ1n) is 12.2. The number of unbranched alkanes of at least 4 members (excludes halogenated alkanes) is 2. The highest BCUT2D eigenvalue weighted by Gasteiger charge is 2.17. The average molecular weight is 475 g/mol. The summed E-state index contributed by atoms with van der Waals surface area (Å²) < 4.78 is 0. The fourth-order valence-corrected chi connectivity index (χ4v) is 4.37. The van der Waals surface area contributed by atoms with Gasteiger partial charge in [0.05, 0.1) is 12.1 Å². The van der Waals surface area contributed by atoms with E-state index in [4.69, 9.17) is 11.5 Å². The highest BCUT2D eigenvalue weighted by atomic mass is 16.2. The van der Waals surface area contributed by atoms with Crippen LogP contribution in [0.2, 0.25) is 0 Å². The highest BCUT2D eigenvalue weighted by Crippen LogP contribution is 2.19. The van der Waals surface area contributed by atoms with Crippen molar-refractivity contribution in [3.05, 3.63) is 72.1 Å². The summed E-state index contributed by atoms with van der Waals surface area (Å²) in [6.45, 7) is 1.13. The topological polar surface area (TPSA) is 142 Å². The van der Waals surface area contributed by atoms with Crippen molar-refractivity contribution in [1.29, 1.82) is 0 Å². The average Bonchev–Trinajstić information content (AvgIpc) is 3.47. The third-order valence-corrected chi connectivity index (χ3v) is 6.36. The lowest BCUT2D eigenvalue weighted by Gasteiger charge is -2.13. The van der Waals surface area contributed by atoms with E-state index in [-0.39, 0.29) is 11.8 Å². The predicted molar refractivity (Wildman–Crippen MR) is 140 cm³/mol. The number of fused-ring (bicyclic) bond motifs is 2. The second-order valence-corrected chi connectivity index (χ2v) is 8.98. The fourth-order valence-electron chi connectivity index (χ4n) is 4.37. The molecule has 0 radical (unpaired) electrons. The zero-order valence-corrected chi connectivity index (χ0v) is 19.8. The van der Waals surface area contributed by atoms with Crippen LogP contribution in [0.15, 0.2) is 60.9 Å². The maximum absolute atomic E-state index is 12.4. The molecule has 2 amide bonds. The van der Waals surface area contributed by atoms with Crippen LogP contribution in [0.25, 0.3) is 21.8 Å². The summed E-state index contributed by atoms with van der Waals surface area (Å²) in [7, 11) is 0. The number of aromatic nitrogens is 2. The number of aromatic amines is 2. The predicted octanol–water partition coefficient (Wildman–Crippen LogP) is 2.49. The summed E-state index contributed by atoms with van der Waals surface area (Å²) in [5.74, 6) is -0.293. The second-order valence-electron chi connectivity index (χ2n) is 8.98. The highest BCUT2D eigenvalue weighted by molar-refractivity contribution is 5.87. The fraction of sp³-hybridized carbons (Fsp3) is 0.333. The summed E-state index contributed by atoms with van der Waals surface area (Å²) in [5.41, 5.74) is 16.4. The lowest BCUT2D eigenvalue weighted by molar-refractivity contribution is -0.123. The van der Waals surface area contributed by atoms with Crippen LogP contribution in [0.4, 0.5) is 0 Å². The van der Waals surface area contributed by atoms with Crippen molar-refractivity contribution in [2.24, 2.45) is 11.5 Å². The minimum absolute atomic E-state index is 0.146. The number of benzene rings is 2. The molecule has 8 nitrogen and oxygen atoms in total. The quantitative estimate of drug-likeness (QED) is 0.175. The van der Waals surface area contributed by atoms with Crippen molar-refractivity contribution in [2.45, 2.75) is 44.2 Å². The second kappa shape index (κ2) is 11.7. The van der Waals surface area contributed by atoms with Crippen LogP contribution in [0, 0.1) is 0 Å². The van der Waals surface area contributed by atoms with Gasteiger partial charge in [0.25, 0.3) is 0 Å². The molecule has 0 bridgehead atoms. The molecule has 35 heavy (non-hydrogen) atoms. The van der Waals surface area contributed by atoms with Crippen molar-refractivity contribution < 1.29 is 9.59 Å². The van der Waals surface area contributed by atoms with E-state index in [1.165, 1.54) is 0 Å². The smallest absolute Gasteiger partial charge is 0.237 e. The van der Waals surface area contributed by atoms with Crippen LogP contribution < -0.4 is 22.1 Å². The van der Waals surface area contributed by atoms with Crippen molar-refractivity contribution in [3.8, 4) is 0 Å². The maximum atomic E-state index is 12.4. The van der Waals surface area contributed by atoms with E-state index in [9.17, 15) is 9.59 Å². The van der Waals surface area contributed by atoms with Gasteiger partial charge in [0.15, 0.2) is 0 Å². The molecule has 0 spiro atoms. The number of nitrogens with two attached hydrogens (primary N) is 2. The number of amides is 2. The number of nitrogens with one attached hydrogen (secondary N) is 4. The van der Waals surface area contributed by atoms with Gasteiger partial charge in [-0.2, -0.15) is 0 Å². The van der Waals surface area contributed by atoms with E-state index >= 15 is 0 Å². The van der Waals surface area contributed by atoms with E-state index < -0.39 is 12.1 Å². The Kier molecular flexibility index (Phi) is 8.18. The third kappa shape index (κ3) is 6.29. The summed E-state index contributed by atoms with van der Waals surface area (Å²) in [5, 5.41) is 8.02. The lowest BCUT2D eigenvalue weighted by atomic mass is 10.0. The molecular formula is C27H34N6O2. The van der Waals surface area contributed by atoms with E-state index in [0.29, 0.717) is 25.9 Å². The minimum atomic E-state index is -0.591. The Hall–Kier alpha value is -3.62. The molecule has 0 fully saturated rings. The molecule has 2 atom stereocenters. The molecule has 8 heteroatoms. The van der Waals surface area contributed by atoms with Crippen LogP contribution in [-0.4, -0.2) is 47.0 Å². The molecule has 4 rings (SSSR count). The Balaban J connectivity index is 1.09. The monoisotopic (exact) mass is 474 g/mol. The molecular weight excluding hydrogens is 440 g/mol. The summed E-state index contributed by atoms with van der Waals surface area (Å²) in [6.07, 6.45) is 7.33. The normalized spacial score (nSPS) is 13.1. The van der Waals surface area contributed by atoms with Gasteiger partial charge in [-0.15, -0.1) is 0 Å². The molecule has 0 aliphatic rings. The number of carbonyl (C=O) groups excluding carboxylic acids is 2. The first kappa shape index (κ1) is 24.5. The summed E-state index contributed by atoms with van der Waals surface area (Å²) in [6, 6.07) is 14.8. The lowest BCUT2D eigenvalue weighted by Crippen LogP contribution is -2.42. The number of hydrogen-bond donors (Lipinski definition) is 6. The first-order chi connectivity index (χ1) is 17.0. The van der Waals surface area contributed by atoms with Crippen LogP contribution in [0.1, 0.15) is 30.4 Å². The molecule has 0 unspecified atom stereocenters. The van der Waals surface area contributed by atoms with Gasteiger partial charge in [-0.05, 0) is 55.4 Å². The van der Waals surface area contributed by atoms with E-state index in [1.54, 1.807) is 0 Å². The van der Waals surface area contributed by atoms with Crippen LogP contribution in [0.5, 0.6) is 0 Å². The van der Waals surface area contributed by atoms with Gasteiger partial charge in [-0.3, -0.25) is 9.59 Å². The molecule has 0 saturated carbocycles. The van der Waals surface area contributed by atoms with Gasteiger partial charge in [-0.1, -0.05) is 36.4 Å². The number of carbonyl (C=O) groups is 2. The molecule has 4 aromatic rings. The van der Waals surface area contributed by atoms with Crippen molar-refractivity contribution in [1.82, 2.24) is 20.6 Å². The molecule has 2 heterocycles. The zero-order chi connectivity index (χ0) is 24.6. The van der Waals surface area contributed by atoms with E-state index in [0.717, 1.165) is 52.2 Å². The van der Waals surface area contributed by atoms with Gasteiger partial charge in [0.2, 0.25) is 11.8 Å². The molecule has 0 aliphatic heterocycles. The van der Waals surface area contributed by atoms with E-state index in [2.05, 4.69) is 20.6 Å². The van der Waals surface area contributed by atoms with Crippen molar-refractivity contribution >= 4 is 33.6 Å². The summed E-state index contributed by atoms with van der Waals surface area (Å²) in [4.78, 5) is 31.1. The van der Waals surface area contributed by atoms with E-state index in [1.807, 2.05) is 60.9 Å². The largest absolute Gasteiger partial charge is 0.361 e. The molecule has 8 N–H and O–H groups in total. The van der Waals surface area contributed by atoms with Crippen molar-refractivity contribution in [2.75, 3.05) is 13.1 Å². The van der Waals surface area contributed by atoms with Gasteiger partial charge in [0.1, 0.15) is 0 Å². The number of para-hydroxylation sites is 2. The molecule has 184 valence electrons. The Morgan fingerprint density at radius 3 is 1.57 bits per heavy atom. The van der Waals surface area contributed by atoms with Gasteiger partial charge in [0, 0.05) is 47.3 Å². The minimum Gasteiger partial charge on any atom is -0.361 e. The first-order valence-corrected chi connectivity index (χ1v) is 12.2. The molecule has 2 aromatic carbocycles. The Morgan fingerprint density at radius 2 is 1.11 bits per heavy atom. The number of H-pyrrole nitrogens is 2. The summed E-state index contributed by atoms with van der Waals surface area (Å²) >= 11 is 0. The number of rotatable bonds is 12. The van der Waals surface area contributed by atoms with Crippen LogP contribution in [-0.2, 0) is 22.4 Å². The van der Waals surface area contributed by atoms with Crippen LogP contribution in [0.3, 0.4) is 0 Å². The molecule has 2 aromatic heterocycles. The van der Waals surface area contributed by atoms with Crippen LogP contribution >= 0.6 is 0 Å². The standard InChI is InChI=1S/C27H34N6O2/c28-22(14-18-16-32-24-10-4-2-8-20(18)24)26(34)30-12-6-1-7-13-31-27(35)23(29)15-19-17-33-25-11-5-3-9-21(19)25/h2-5,8-11,16-17,22-23,32-33H,1,6-7,12-15,28-29H2,(H,30,34)(H,31,35)/t22-,23-/m0/s1. The SMILES string of the molecule is N[C@@H](Cc1c[nH]c2ccccc12)C(=O)NCCCCCNC(=O)[C@@H](N)Cc1c[nH]c2ccccc12. The van der Waals surface area contributed by atoms with Gasteiger partial charge in [-0.25, -0.2) is 0 Å². The Bertz CT molecular complexity index is 1180. The number of hydrogen-bond acceptors (Lipinski definition) is 4. The zero-order valence-electron chi connectivity index (χ0n) is 19.8. The van der Waals surface area contributed by atoms with Gasteiger partial charge >= 0.3 is 0 Å².